The Hall–Kier alpha value is -3.48. The summed E-state index contributed by atoms with van der Waals surface area (Å²) in [6.07, 6.45) is 1.17. The van der Waals surface area contributed by atoms with Gasteiger partial charge in [0.05, 0.1) is 11.1 Å². The van der Waals surface area contributed by atoms with E-state index in [1.165, 1.54) is 0 Å². The number of aryl methyl sites for hydroxylation is 2. The smallest absolute Gasteiger partial charge is 0.306 e. The van der Waals surface area contributed by atoms with Gasteiger partial charge < -0.3 is 9.64 Å². The second kappa shape index (κ2) is 8.94. The van der Waals surface area contributed by atoms with Gasteiger partial charge >= 0.3 is 5.97 Å². The minimum absolute atomic E-state index is 0.0145. The molecule has 2 heterocycles. The first-order valence-electron chi connectivity index (χ1n) is 10.9. The molecule has 166 valence electrons. The minimum atomic E-state index is -0.907. The predicted molar refractivity (Wildman–Crippen MR) is 118 cm³/mol. The lowest BCUT2D eigenvalue weighted by Gasteiger charge is -2.31. The molecule has 0 radical (unpaired) electrons. The lowest BCUT2D eigenvalue weighted by Crippen LogP contribution is -2.42. The molecule has 0 N–H and O–H groups in total. The Balaban J connectivity index is 1.29. The van der Waals surface area contributed by atoms with E-state index in [4.69, 9.17) is 4.74 Å². The zero-order valence-corrected chi connectivity index (χ0v) is 18.3. The molecule has 0 spiro atoms. The third-order valence-electron chi connectivity index (χ3n) is 5.92. The van der Waals surface area contributed by atoms with Crippen LogP contribution in [0.5, 0.6) is 0 Å². The third-order valence-corrected chi connectivity index (χ3v) is 5.92. The molecular weight excluding hydrogens is 408 g/mol. The number of anilines is 1. The summed E-state index contributed by atoms with van der Waals surface area (Å²) in [6.45, 7) is 4.16. The fourth-order valence-electron chi connectivity index (χ4n) is 4.28. The lowest BCUT2D eigenvalue weighted by molar-refractivity contribution is -0.154. The van der Waals surface area contributed by atoms with Crippen molar-refractivity contribution in [3.63, 3.8) is 0 Å². The SMILES string of the molecule is Cc1ccc2c(c1)C(=O)N(CCCC(=O)OC(C)C(=O)N1CCCc3ccccc31)C2=O. The van der Waals surface area contributed by atoms with Gasteiger partial charge in [-0.05, 0) is 56.9 Å². The number of imide groups is 1. The van der Waals surface area contributed by atoms with Crippen molar-refractivity contribution in [2.75, 3.05) is 18.0 Å². The van der Waals surface area contributed by atoms with Crippen LogP contribution in [0.4, 0.5) is 5.69 Å². The van der Waals surface area contributed by atoms with Crippen LogP contribution >= 0.6 is 0 Å². The van der Waals surface area contributed by atoms with E-state index in [-0.39, 0.29) is 37.1 Å². The van der Waals surface area contributed by atoms with Crippen LogP contribution in [0, 0.1) is 6.92 Å². The number of benzene rings is 2. The van der Waals surface area contributed by atoms with Crippen LogP contribution in [-0.2, 0) is 20.7 Å². The first-order chi connectivity index (χ1) is 15.4. The normalized spacial score (nSPS) is 15.9. The van der Waals surface area contributed by atoms with E-state index >= 15 is 0 Å². The zero-order chi connectivity index (χ0) is 22.8. The lowest BCUT2D eigenvalue weighted by atomic mass is 10.0. The van der Waals surface area contributed by atoms with Gasteiger partial charge in [-0.1, -0.05) is 29.8 Å². The van der Waals surface area contributed by atoms with Gasteiger partial charge in [-0.15, -0.1) is 0 Å². The number of nitrogens with zero attached hydrogens (tertiary/aromatic N) is 2. The summed E-state index contributed by atoms with van der Waals surface area (Å²) in [5.74, 6) is -1.45. The van der Waals surface area contributed by atoms with Crippen molar-refractivity contribution in [1.29, 1.82) is 0 Å². The highest BCUT2D eigenvalue weighted by atomic mass is 16.5. The Labute approximate surface area is 187 Å². The maximum atomic E-state index is 12.9. The molecule has 7 heteroatoms. The van der Waals surface area contributed by atoms with Gasteiger partial charge in [0, 0.05) is 25.2 Å². The summed E-state index contributed by atoms with van der Waals surface area (Å²) in [7, 11) is 0. The molecule has 2 aliphatic heterocycles. The van der Waals surface area contributed by atoms with E-state index in [9.17, 15) is 19.2 Å². The standard InChI is InChI=1S/C25H26N2O5/c1-16-11-12-19-20(15-16)25(31)27(24(19)30)14-6-10-22(28)32-17(2)23(29)26-13-5-8-18-7-3-4-9-21(18)26/h3-4,7,9,11-12,15,17H,5-6,8,10,13-14H2,1-2H3. The van der Waals surface area contributed by atoms with Crippen LogP contribution in [0.25, 0.3) is 0 Å². The molecule has 0 aliphatic carbocycles. The maximum absolute atomic E-state index is 12.9. The van der Waals surface area contributed by atoms with Gasteiger partial charge in [0.25, 0.3) is 17.7 Å². The molecule has 0 saturated heterocycles. The highest BCUT2D eigenvalue weighted by Crippen LogP contribution is 2.28. The second-order valence-corrected chi connectivity index (χ2v) is 8.27. The highest BCUT2D eigenvalue weighted by molar-refractivity contribution is 6.21. The monoisotopic (exact) mass is 434 g/mol. The largest absolute Gasteiger partial charge is 0.453 e. The third kappa shape index (κ3) is 4.15. The van der Waals surface area contributed by atoms with Crippen LogP contribution in [0.3, 0.4) is 0 Å². The average Bonchev–Trinajstić information content (AvgIpc) is 3.02. The number of carbonyl (C=O) groups excluding carboxylic acids is 4. The van der Waals surface area contributed by atoms with Gasteiger partial charge in [0.1, 0.15) is 0 Å². The predicted octanol–water partition coefficient (Wildman–Crippen LogP) is 3.28. The molecule has 2 aromatic carbocycles. The molecule has 2 aliphatic rings. The van der Waals surface area contributed by atoms with Gasteiger partial charge in [0.15, 0.2) is 6.10 Å². The van der Waals surface area contributed by atoms with Crippen molar-refractivity contribution >= 4 is 29.4 Å². The number of hydrogen-bond acceptors (Lipinski definition) is 5. The maximum Gasteiger partial charge on any atom is 0.306 e. The molecule has 1 atom stereocenters. The highest BCUT2D eigenvalue weighted by Gasteiger charge is 2.35. The molecule has 2 aromatic rings. The summed E-state index contributed by atoms with van der Waals surface area (Å²) in [5, 5.41) is 0. The van der Waals surface area contributed by atoms with Crippen LogP contribution < -0.4 is 4.90 Å². The van der Waals surface area contributed by atoms with Crippen molar-refractivity contribution in [2.45, 2.75) is 45.6 Å². The van der Waals surface area contributed by atoms with E-state index in [1.807, 2.05) is 31.2 Å². The van der Waals surface area contributed by atoms with Crippen LogP contribution in [0.15, 0.2) is 42.5 Å². The summed E-state index contributed by atoms with van der Waals surface area (Å²) < 4.78 is 5.36. The molecule has 3 amide bonds. The molecule has 32 heavy (non-hydrogen) atoms. The topological polar surface area (TPSA) is 84.0 Å². The average molecular weight is 434 g/mol. The number of ether oxygens (including phenoxy) is 1. The molecule has 0 fully saturated rings. The van der Waals surface area contributed by atoms with Crippen molar-refractivity contribution in [2.24, 2.45) is 0 Å². The van der Waals surface area contributed by atoms with Crippen molar-refractivity contribution in [3.8, 4) is 0 Å². The summed E-state index contributed by atoms with van der Waals surface area (Å²) in [6, 6.07) is 12.9. The quantitative estimate of drug-likeness (QED) is 0.515. The van der Waals surface area contributed by atoms with E-state index in [2.05, 4.69) is 0 Å². The number of esters is 1. The van der Waals surface area contributed by atoms with Gasteiger partial charge in [-0.25, -0.2) is 0 Å². The molecular formula is C25H26N2O5. The Morgan fingerprint density at radius 3 is 2.62 bits per heavy atom. The van der Waals surface area contributed by atoms with Crippen molar-refractivity contribution in [3.05, 3.63) is 64.7 Å². The van der Waals surface area contributed by atoms with E-state index < -0.39 is 12.1 Å². The van der Waals surface area contributed by atoms with Gasteiger partial charge in [-0.3, -0.25) is 24.1 Å². The van der Waals surface area contributed by atoms with Crippen LogP contribution in [0.1, 0.15) is 58.0 Å². The number of fused-ring (bicyclic) bond motifs is 2. The zero-order valence-electron chi connectivity index (χ0n) is 18.3. The molecule has 0 aromatic heterocycles. The molecule has 0 saturated carbocycles. The number of hydrogen-bond donors (Lipinski definition) is 0. The molecule has 4 rings (SSSR count). The number of para-hydroxylation sites is 1. The van der Waals surface area contributed by atoms with Gasteiger partial charge in [-0.2, -0.15) is 0 Å². The summed E-state index contributed by atoms with van der Waals surface area (Å²) in [4.78, 5) is 53.0. The Morgan fingerprint density at radius 2 is 1.81 bits per heavy atom. The van der Waals surface area contributed by atoms with Crippen molar-refractivity contribution < 1.29 is 23.9 Å². The van der Waals surface area contributed by atoms with Crippen LogP contribution in [-0.4, -0.2) is 47.8 Å². The minimum Gasteiger partial charge on any atom is -0.453 e. The Kier molecular flexibility index (Phi) is 6.08. The molecule has 0 bridgehead atoms. The first-order valence-corrected chi connectivity index (χ1v) is 10.9. The Bertz CT molecular complexity index is 1090. The molecule has 7 nitrogen and oxygen atoms in total. The summed E-state index contributed by atoms with van der Waals surface area (Å²) in [5.41, 5.74) is 3.68. The number of amides is 3. The number of carbonyl (C=O) groups is 4. The number of rotatable bonds is 6. The van der Waals surface area contributed by atoms with Crippen LogP contribution in [0.2, 0.25) is 0 Å². The summed E-state index contributed by atoms with van der Waals surface area (Å²) >= 11 is 0. The second-order valence-electron chi connectivity index (χ2n) is 8.27. The molecule has 1 unspecified atom stereocenters. The van der Waals surface area contributed by atoms with Gasteiger partial charge in [0.2, 0.25) is 0 Å². The fraction of sp³-hybridized carbons (Fsp3) is 0.360. The Morgan fingerprint density at radius 1 is 1.06 bits per heavy atom. The van der Waals surface area contributed by atoms with Crippen molar-refractivity contribution in [1.82, 2.24) is 4.90 Å². The van der Waals surface area contributed by atoms with E-state index in [0.29, 0.717) is 17.7 Å². The van der Waals surface area contributed by atoms with E-state index in [0.717, 1.165) is 34.6 Å². The first kappa shape index (κ1) is 21.7. The fourth-order valence-corrected chi connectivity index (χ4v) is 4.28. The van der Waals surface area contributed by atoms with E-state index in [1.54, 1.807) is 30.0 Å².